The highest BCUT2D eigenvalue weighted by molar-refractivity contribution is 6.23. The van der Waals surface area contributed by atoms with Crippen LogP contribution in [0.2, 0.25) is 0 Å². The van der Waals surface area contributed by atoms with Crippen LogP contribution in [0.4, 0.5) is 0 Å². The van der Waals surface area contributed by atoms with E-state index in [1.165, 1.54) is 37.9 Å². The fourth-order valence-corrected chi connectivity index (χ4v) is 5.84. The summed E-state index contributed by atoms with van der Waals surface area (Å²) in [6.07, 6.45) is 1.12. The minimum absolute atomic E-state index is 0.835. The molecule has 1 aliphatic heterocycles. The van der Waals surface area contributed by atoms with Crippen LogP contribution in [0, 0.1) is 0 Å². The molecule has 39 heavy (non-hydrogen) atoms. The van der Waals surface area contributed by atoms with Gasteiger partial charge in [0, 0.05) is 58.9 Å². The van der Waals surface area contributed by atoms with Gasteiger partial charge in [-0.15, -0.1) is 0 Å². The van der Waals surface area contributed by atoms with E-state index in [1.54, 1.807) is 0 Å². The maximum Gasteiger partial charge on any atom is 0.0545 e. The first-order valence-corrected chi connectivity index (χ1v) is 14.5. The van der Waals surface area contributed by atoms with Gasteiger partial charge in [0.1, 0.15) is 0 Å². The molecule has 4 N–H and O–H groups in total. The van der Waals surface area contributed by atoms with Gasteiger partial charge in [0.2, 0.25) is 0 Å². The first-order valence-electron chi connectivity index (χ1n) is 14.5. The summed E-state index contributed by atoms with van der Waals surface area (Å²) in [5, 5.41) is 22.6. The second-order valence-electron chi connectivity index (χ2n) is 10.7. The smallest absolute Gasteiger partial charge is 0.0545 e. The molecule has 0 saturated carbocycles. The van der Waals surface area contributed by atoms with Gasteiger partial charge in [-0.05, 0) is 69.5 Å². The Morgan fingerprint density at radius 3 is 2.08 bits per heavy atom. The van der Waals surface area contributed by atoms with Gasteiger partial charge in [0.15, 0.2) is 0 Å². The van der Waals surface area contributed by atoms with Crippen LogP contribution in [0.5, 0.6) is 0 Å². The molecule has 6 rings (SSSR count). The third kappa shape index (κ3) is 6.38. The van der Waals surface area contributed by atoms with Crippen LogP contribution in [-0.2, 0) is 19.6 Å². The van der Waals surface area contributed by atoms with E-state index in [1.807, 2.05) is 0 Å². The zero-order valence-corrected chi connectivity index (χ0v) is 22.8. The van der Waals surface area contributed by atoms with Gasteiger partial charge < -0.3 is 21.3 Å². The minimum atomic E-state index is 0.835. The first-order chi connectivity index (χ1) is 19.3. The summed E-state index contributed by atoms with van der Waals surface area (Å²) < 4.78 is 0. The van der Waals surface area contributed by atoms with E-state index >= 15 is 0 Å². The van der Waals surface area contributed by atoms with Crippen LogP contribution in [0.1, 0.15) is 23.4 Å². The molecule has 1 aliphatic rings. The molecule has 0 fully saturated rings. The van der Waals surface area contributed by atoms with Crippen LogP contribution in [0.3, 0.4) is 0 Å². The number of hydrogen-bond donors (Lipinski definition) is 4. The van der Waals surface area contributed by atoms with Crippen molar-refractivity contribution in [2.75, 3.05) is 52.4 Å². The molecule has 0 saturated heterocycles. The standard InChI is InChI=1S/C33H40N6/c1-4-25-8-9-27-10-11-28(31-13-12-26(5-1)32(25)33(27)31)22-35-15-3-14-34-16-19-39-20-17-36-23-29-6-2-7-30(38-29)24-37-18-21-39/h1-2,4-13,34-37H,3,14-24H2. The van der Waals surface area contributed by atoms with Gasteiger partial charge in [-0.2, -0.15) is 0 Å². The Kier molecular flexibility index (Phi) is 8.58. The Bertz CT molecular complexity index is 1460. The fraction of sp³-hybridized carbons (Fsp3) is 0.364. The van der Waals surface area contributed by atoms with Crippen molar-refractivity contribution < 1.29 is 0 Å². The average molecular weight is 521 g/mol. The van der Waals surface area contributed by atoms with Gasteiger partial charge in [-0.25, -0.2) is 0 Å². The lowest BCUT2D eigenvalue weighted by atomic mass is 9.92. The number of hydrogen-bond acceptors (Lipinski definition) is 6. The third-order valence-corrected chi connectivity index (χ3v) is 7.93. The molecule has 1 aromatic heterocycles. The van der Waals surface area contributed by atoms with Crippen LogP contribution in [0.25, 0.3) is 32.3 Å². The lowest BCUT2D eigenvalue weighted by Gasteiger charge is -2.23. The summed E-state index contributed by atoms with van der Waals surface area (Å²) in [5.41, 5.74) is 3.63. The van der Waals surface area contributed by atoms with E-state index < -0.39 is 0 Å². The predicted molar refractivity (Wildman–Crippen MR) is 163 cm³/mol. The molecular weight excluding hydrogens is 480 g/mol. The van der Waals surface area contributed by atoms with Gasteiger partial charge >= 0.3 is 0 Å². The second-order valence-corrected chi connectivity index (χ2v) is 10.7. The Morgan fingerprint density at radius 1 is 0.667 bits per heavy atom. The van der Waals surface area contributed by atoms with Crippen molar-refractivity contribution in [3.05, 3.63) is 89.7 Å². The minimum Gasteiger partial charge on any atom is -0.315 e. The molecule has 0 amide bonds. The maximum absolute atomic E-state index is 4.71. The van der Waals surface area contributed by atoms with Crippen LogP contribution >= 0.6 is 0 Å². The molecule has 4 aromatic carbocycles. The van der Waals surface area contributed by atoms with Gasteiger partial charge in [-0.1, -0.05) is 60.7 Å². The van der Waals surface area contributed by atoms with Crippen LogP contribution in [-0.4, -0.2) is 62.2 Å². The number of nitrogens with zero attached hydrogens (tertiary/aromatic N) is 2. The van der Waals surface area contributed by atoms with Crippen molar-refractivity contribution in [1.82, 2.24) is 31.2 Å². The Hall–Kier alpha value is -3.13. The number of fused-ring (bicyclic) bond motifs is 2. The Labute approximate surface area is 231 Å². The van der Waals surface area contributed by atoms with Gasteiger partial charge in [0.05, 0.1) is 11.4 Å². The molecule has 0 atom stereocenters. The monoisotopic (exact) mass is 520 g/mol. The summed E-state index contributed by atoms with van der Waals surface area (Å²) in [6.45, 7) is 10.8. The lowest BCUT2D eigenvalue weighted by Crippen LogP contribution is -2.41. The number of nitrogens with one attached hydrogen (secondary N) is 4. The molecule has 5 aromatic rings. The van der Waals surface area contributed by atoms with E-state index in [9.17, 15) is 0 Å². The van der Waals surface area contributed by atoms with Gasteiger partial charge in [-0.3, -0.25) is 9.88 Å². The fourth-order valence-electron chi connectivity index (χ4n) is 5.84. The predicted octanol–water partition coefficient (Wildman–Crippen LogP) is 4.24. The quantitative estimate of drug-likeness (QED) is 0.172. The van der Waals surface area contributed by atoms with Gasteiger partial charge in [0.25, 0.3) is 0 Å². The van der Waals surface area contributed by atoms with Crippen LogP contribution in [0.15, 0.2) is 72.8 Å². The van der Waals surface area contributed by atoms with Crippen molar-refractivity contribution >= 4 is 32.3 Å². The van der Waals surface area contributed by atoms with E-state index in [4.69, 9.17) is 4.98 Å². The number of rotatable bonds is 9. The molecule has 6 heteroatoms. The number of pyridine rings is 1. The molecule has 2 bridgehead atoms. The van der Waals surface area contributed by atoms with Crippen molar-refractivity contribution in [2.45, 2.75) is 26.1 Å². The maximum atomic E-state index is 4.71. The molecule has 0 spiro atoms. The largest absolute Gasteiger partial charge is 0.315 e. The van der Waals surface area contributed by atoms with E-state index in [0.29, 0.717) is 0 Å². The SMILES string of the molecule is c1cc2nc(c1)CNCCN(CCNCCCNCc1ccc3ccc4cccc5ccc1c3c45)CCNC2. The zero-order chi connectivity index (χ0) is 26.3. The van der Waals surface area contributed by atoms with Crippen LogP contribution < -0.4 is 21.3 Å². The van der Waals surface area contributed by atoms with E-state index in [2.05, 4.69) is 99.0 Å². The Morgan fingerprint density at radius 2 is 1.31 bits per heavy atom. The summed E-state index contributed by atoms with van der Waals surface area (Å²) >= 11 is 0. The summed E-state index contributed by atoms with van der Waals surface area (Å²) in [4.78, 5) is 7.25. The highest BCUT2D eigenvalue weighted by Crippen LogP contribution is 2.35. The zero-order valence-electron chi connectivity index (χ0n) is 22.8. The third-order valence-electron chi connectivity index (χ3n) is 7.93. The molecule has 0 unspecified atom stereocenters. The van der Waals surface area contributed by atoms with Crippen molar-refractivity contribution in [2.24, 2.45) is 0 Å². The molecule has 0 radical (unpaired) electrons. The molecule has 2 heterocycles. The highest BCUT2D eigenvalue weighted by Gasteiger charge is 2.11. The molecular formula is C33H40N6. The Balaban J connectivity index is 0.924. The summed E-state index contributed by atoms with van der Waals surface area (Å²) in [5.74, 6) is 0. The molecule has 0 aliphatic carbocycles. The van der Waals surface area contributed by atoms with Crippen molar-refractivity contribution in [3.63, 3.8) is 0 Å². The lowest BCUT2D eigenvalue weighted by molar-refractivity contribution is 0.270. The highest BCUT2D eigenvalue weighted by atomic mass is 15.2. The number of aromatic nitrogens is 1. The second kappa shape index (κ2) is 12.8. The molecule has 202 valence electrons. The normalized spacial score (nSPS) is 15.6. The van der Waals surface area contributed by atoms with E-state index in [0.717, 1.165) is 89.8 Å². The molecule has 6 nitrogen and oxygen atoms in total. The summed E-state index contributed by atoms with van der Waals surface area (Å²) in [7, 11) is 0. The first kappa shape index (κ1) is 26.1. The summed E-state index contributed by atoms with van der Waals surface area (Å²) in [6, 6.07) is 26.6. The van der Waals surface area contributed by atoms with Crippen molar-refractivity contribution in [1.29, 1.82) is 0 Å². The van der Waals surface area contributed by atoms with Crippen molar-refractivity contribution in [3.8, 4) is 0 Å². The number of benzene rings is 4. The topological polar surface area (TPSA) is 64.2 Å². The van der Waals surface area contributed by atoms with E-state index in [-0.39, 0.29) is 0 Å². The average Bonchev–Trinajstić information content (AvgIpc) is 2.97.